The molecular weight excluding hydrogens is 252 g/mol. The van der Waals surface area contributed by atoms with Crippen LogP contribution in [0.2, 0.25) is 0 Å². The van der Waals surface area contributed by atoms with Gasteiger partial charge >= 0.3 is 0 Å². The van der Waals surface area contributed by atoms with Crippen LogP contribution >= 0.6 is 0 Å². The van der Waals surface area contributed by atoms with E-state index < -0.39 is 10.7 Å². The Morgan fingerprint density at radius 1 is 1.16 bits per heavy atom. The first kappa shape index (κ1) is 17.9. The van der Waals surface area contributed by atoms with Crippen molar-refractivity contribution in [2.75, 3.05) is 6.26 Å². The molecule has 1 rings (SSSR count). The zero-order valence-corrected chi connectivity index (χ0v) is 13.4. The molecule has 1 aromatic rings. The molecule has 1 N–H and O–H groups in total. The summed E-state index contributed by atoms with van der Waals surface area (Å²) in [6.45, 7) is 6.85. The van der Waals surface area contributed by atoms with Crippen molar-refractivity contribution in [2.24, 2.45) is 5.92 Å². The largest absolute Gasteiger partial charge is 0.276 e. The highest BCUT2D eigenvalue weighted by atomic mass is 32.2. The fourth-order valence-corrected chi connectivity index (χ4v) is 2.41. The highest BCUT2D eigenvalue weighted by molar-refractivity contribution is 7.85. The van der Waals surface area contributed by atoms with Crippen molar-refractivity contribution >= 4 is 10.7 Å². The Bertz CT molecular complexity index is 398. The van der Waals surface area contributed by atoms with E-state index in [2.05, 4.69) is 20.8 Å². The number of benzene rings is 1. The quantitative estimate of drug-likeness (QED) is 0.795. The summed E-state index contributed by atoms with van der Waals surface area (Å²) < 4.78 is 7.39. The molecule has 0 spiro atoms. The first-order valence-electron chi connectivity index (χ1n) is 6.92. The molecule has 106 valence electrons. The van der Waals surface area contributed by atoms with Gasteiger partial charge in [-0.1, -0.05) is 57.1 Å². The molecule has 19 heavy (non-hydrogen) atoms. The van der Waals surface area contributed by atoms with Crippen LogP contribution in [-0.4, -0.2) is 6.26 Å². The van der Waals surface area contributed by atoms with Crippen LogP contribution in [0.15, 0.2) is 29.2 Å². The molecule has 0 aliphatic rings. The number of hydrogen-bond acceptors (Lipinski definition) is 2. The van der Waals surface area contributed by atoms with Gasteiger partial charge in [0.05, 0.1) is 11.6 Å². The number of rotatable bonds is 5. The van der Waals surface area contributed by atoms with Crippen molar-refractivity contribution in [3.05, 3.63) is 29.8 Å². The van der Waals surface area contributed by atoms with Gasteiger partial charge in [0, 0.05) is 4.90 Å². The molecule has 0 saturated heterocycles. The maximum absolute atomic E-state index is 8.47. The molecule has 0 aromatic heterocycles. The van der Waals surface area contributed by atoms with Crippen molar-refractivity contribution in [1.29, 1.82) is 10.0 Å². The Morgan fingerprint density at radius 2 is 1.63 bits per heavy atom. The molecule has 0 radical (unpaired) electrons. The van der Waals surface area contributed by atoms with Crippen LogP contribution < -0.4 is 0 Å². The average molecular weight is 278 g/mol. The minimum Gasteiger partial charge on any atom is -0.276 e. The SMILES string of the molecule is CCCC(C)CCC.CS(=N)c1ccc(C#N)cc1. The van der Waals surface area contributed by atoms with Crippen molar-refractivity contribution in [2.45, 2.75) is 51.3 Å². The van der Waals surface area contributed by atoms with Crippen LogP contribution in [0.25, 0.3) is 0 Å². The summed E-state index contributed by atoms with van der Waals surface area (Å²) in [5.41, 5.74) is 0.652. The second-order valence-corrected chi connectivity index (χ2v) is 6.32. The molecule has 0 aliphatic carbocycles. The maximum Gasteiger partial charge on any atom is 0.0991 e. The lowest BCUT2D eigenvalue weighted by Gasteiger charge is -2.05. The molecule has 0 bridgehead atoms. The topological polar surface area (TPSA) is 47.6 Å². The van der Waals surface area contributed by atoms with Crippen molar-refractivity contribution in [3.8, 4) is 6.07 Å². The van der Waals surface area contributed by atoms with E-state index in [-0.39, 0.29) is 0 Å². The Morgan fingerprint density at radius 3 is 1.95 bits per heavy atom. The van der Waals surface area contributed by atoms with Gasteiger partial charge in [-0.2, -0.15) is 5.26 Å². The van der Waals surface area contributed by atoms with E-state index in [1.807, 2.05) is 24.5 Å². The van der Waals surface area contributed by atoms with Gasteiger partial charge in [0.1, 0.15) is 0 Å². The third-order valence-corrected chi connectivity index (χ3v) is 3.88. The Balaban J connectivity index is 0.000000362. The molecule has 1 unspecified atom stereocenters. The number of nitriles is 1. The van der Waals surface area contributed by atoms with Crippen molar-refractivity contribution in [3.63, 3.8) is 0 Å². The van der Waals surface area contributed by atoms with E-state index in [0.717, 1.165) is 10.8 Å². The van der Waals surface area contributed by atoms with E-state index >= 15 is 0 Å². The molecule has 3 heteroatoms. The van der Waals surface area contributed by atoms with E-state index in [4.69, 9.17) is 10.0 Å². The summed E-state index contributed by atoms with van der Waals surface area (Å²) in [6, 6.07) is 9.18. The smallest absolute Gasteiger partial charge is 0.0991 e. The lowest BCUT2D eigenvalue weighted by atomic mass is 10.0. The van der Waals surface area contributed by atoms with E-state index in [1.54, 1.807) is 12.1 Å². The summed E-state index contributed by atoms with van der Waals surface area (Å²) in [5.74, 6) is 0.963. The Kier molecular flexibility index (Phi) is 10.1. The van der Waals surface area contributed by atoms with Crippen LogP contribution in [0.5, 0.6) is 0 Å². The second kappa shape index (κ2) is 10.8. The first-order valence-corrected chi connectivity index (χ1v) is 8.55. The van der Waals surface area contributed by atoms with Crippen LogP contribution in [0, 0.1) is 22.0 Å². The highest BCUT2D eigenvalue weighted by Crippen LogP contribution is 2.10. The fraction of sp³-hybridized carbons (Fsp3) is 0.562. The van der Waals surface area contributed by atoms with Gasteiger partial charge in [-0.15, -0.1) is 0 Å². The number of hydrogen-bond donors (Lipinski definition) is 1. The molecular formula is C16H26N2S. The Hall–Kier alpha value is -1.14. The average Bonchev–Trinajstić information content (AvgIpc) is 2.40. The monoisotopic (exact) mass is 278 g/mol. The lowest BCUT2D eigenvalue weighted by Crippen LogP contribution is -1.91. The van der Waals surface area contributed by atoms with Crippen molar-refractivity contribution in [1.82, 2.24) is 0 Å². The van der Waals surface area contributed by atoms with Gasteiger partial charge in [-0.05, 0) is 36.4 Å². The van der Waals surface area contributed by atoms with Crippen molar-refractivity contribution < 1.29 is 0 Å². The minimum atomic E-state index is -0.449. The lowest BCUT2D eigenvalue weighted by molar-refractivity contribution is 0.480. The molecule has 1 aromatic carbocycles. The zero-order valence-electron chi connectivity index (χ0n) is 12.6. The number of nitrogens with zero attached hydrogens (tertiary/aromatic N) is 1. The first-order chi connectivity index (χ1) is 9.04. The van der Waals surface area contributed by atoms with Gasteiger partial charge < -0.3 is 0 Å². The fourth-order valence-electron chi connectivity index (χ4n) is 1.86. The predicted octanol–water partition coefficient (Wildman–Crippen LogP) is 5.15. The zero-order chi connectivity index (χ0) is 14.7. The normalized spacial score (nSPS) is 11.4. The molecule has 2 nitrogen and oxygen atoms in total. The van der Waals surface area contributed by atoms with E-state index in [0.29, 0.717) is 5.56 Å². The molecule has 0 aliphatic heterocycles. The van der Waals surface area contributed by atoms with Crippen LogP contribution in [-0.2, 0) is 10.7 Å². The highest BCUT2D eigenvalue weighted by Gasteiger charge is 1.95. The second-order valence-electron chi connectivity index (χ2n) is 4.83. The van der Waals surface area contributed by atoms with Crippen LogP contribution in [0.4, 0.5) is 0 Å². The third-order valence-electron chi connectivity index (χ3n) is 2.90. The predicted molar refractivity (Wildman–Crippen MR) is 84.4 cm³/mol. The maximum atomic E-state index is 8.47. The van der Waals surface area contributed by atoms with Gasteiger partial charge in [0.25, 0.3) is 0 Å². The van der Waals surface area contributed by atoms with Crippen LogP contribution in [0.1, 0.15) is 52.0 Å². The number of nitrogens with one attached hydrogen (secondary N) is 1. The summed E-state index contributed by atoms with van der Waals surface area (Å²) in [6.07, 6.45) is 7.35. The van der Waals surface area contributed by atoms with Crippen LogP contribution in [0.3, 0.4) is 0 Å². The Labute approximate surface area is 120 Å². The molecule has 0 saturated carbocycles. The summed E-state index contributed by atoms with van der Waals surface area (Å²) in [7, 11) is -0.449. The molecule has 0 amide bonds. The van der Waals surface area contributed by atoms with Gasteiger partial charge in [0.2, 0.25) is 0 Å². The molecule has 0 fully saturated rings. The summed E-state index contributed by atoms with van der Waals surface area (Å²) >= 11 is 0. The molecule has 0 heterocycles. The summed E-state index contributed by atoms with van der Waals surface area (Å²) in [5, 5.41) is 8.47. The summed E-state index contributed by atoms with van der Waals surface area (Å²) in [4.78, 5) is 0.976. The van der Waals surface area contributed by atoms with Gasteiger partial charge in [-0.3, -0.25) is 4.78 Å². The van der Waals surface area contributed by atoms with Gasteiger partial charge in [0.15, 0.2) is 0 Å². The third kappa shape index (κ3) is 8.56. The minimum absolute atomic E-state index is 0.449. The van der Waals surface area contributed by atoms with E-state index in [1.165, 1.54) is 25.7 Å². The molecule has 1 atom stereocenters. The van der Waals surface area contributed by atoms with E-state index in [9.17, 15) is 0 Å². The van der Waals surface area contributed by atoms with Gasteiger partial charge in [-0.25, -0.2) is 0 Å². The standard InChI is InChI=1S/C8H8N2S.C8H18/c1-11(10)8-4-2-7(6-9)3-5-8;1-4-6-8(3)7-5-2/h2-5,10H,1H3;8H,4-7H2,1-3H3.